The highest BCUT2D eigenvalue weighted by Crippen LogP contribution is 2.37. The molecule has 5 rings (SSSR count). The van der Waals surface area contributed by atoms with Crippen molar-refractivity contribution in [3.05, 3.63) is 108 Å². The van der Waals surface area contributed by atoms with Crippen molar-refractivity contribution in [2.75, 3.05) is 5.32 Å². The Morgan fingerprint density at radius 3 is 2.41 bits per heavy atom. The topological polar surface area (TPSA) is 75.4 Å². The van der Waals surface area contributed by atoms with Gasteiger partial charge in [-0.2, -0.15) is 0 Å². The molecule has 0 radical (unpaired) electrons. The van der Waals surface area contributed by atoms with Crippen molar-refractivity contribution >= 4 is 34.4 Å². The minimum atomic E-state index is -0.328. The second-order valence-corrected chi connectivity index (χ2v) is 8.24. The van der Waals surface area contributed by atoms with Crippen LogP contribution in [0.4, 0.5) is 5.88 Å². The number of hydrogen-bond acceptors (Lipinski definition) is 5. The highest BCUT2D eigenvalue weighted by molar-refractivity contribution is 7.81. The van der Waals surface area contributed by atoms with Crippen molar-refractivity contribution in [1.82, 2.24) is 4.98 Å². The lowest BCUT2D eigenvalue weighted by Crippen LogP contribution is -2.13. The molecule has 0 fully saturated rings. The maximum atomic E-state index is 12.8. The van der Waals surface area contributed by atoms with Gasteiger partial charge in [0.25, 0.3) is 5.91 Å². The summed E-state index contributed by atoms with van der Waals surface area (Å²) in [6.45, 7) is 0. The molecular formula is C28H20N2O3S. The first-order chi connectivity index (χ1) is 16.6. The van der Waals surface area contributed by atoms with Crippen molar-refractivity contribution in [1.29, 1.82) is 0 Å². The SMILES string of the molecule is O=C(Nc1oc(-c2ccc(-c3ccccc3)cc2O)nc1C1=CC=CCC1=S)c1ccccc1. The summed E-state index contributed by atoms with van der Waals surface area (Å²) >= 11 is 5.54. The molecule has 1 aromatic heterocycles. The normalized spacial score (nSPS) is 12.9. The number of anilines is 1. The van der Waals surface area contributed by atoms with Gasteiger partial charge in [0.05, 0.1) is 5.56 Å². The number of amides is 1. The number of rotatable bonds is 5. The number of phenols is 1. The van der Waals surface area contributed by atoms with Crippen LogP contribution >= 0.6 is 12.2 Å². The predicted octanol–water partition coefficient (Wildman–Crippen LogP) is 6.68. The van der Waals surface area contributed by atoms with Gasteiger partial charge in [-0.3, -0.25) is 10.1 Å². The second-order valence-electron chi connectivity index (χ2n) is 7.75. The third-order valence-corrected chi connectivity index (χ3v) is 5.87. The van der Waals surface area contributed by atoms with Crippen LogP contribution in [-0.2, 0) is 0 Å². The molecule has 0 saturated heterocycles. The van der Waals surface area contributed by atoms with Crippen LogP contribution in [0.15, 0.2) is 102 Å². The van der Waals surface area contributed by atoms with Gasteiger partial charge in [-0.05, 0) is 35.4 Å². The first kappa shape index (κ1) is 21.6. The number of allylic oxidation sites excluding steroid dienone is 4. The highest BCUT2D eigenvalue weighted by Gasteiger charge is 2.24. The maximum Gasteiger partial charge on any atom is 0.258 e. The highest BCUT2D eigenvalue weighted by atomic mass is 32.1. The predicted molar refractivity (Wildman–Crippen MR) is 138 cm³/mol. The molecule has 0 unspecified atom stereocenters. The van der Waals surface area contributed by atoms with Crippen molar-refractivity contribution in [3.63, 3.8) is 0 Å². The van der Waals surface area contributed by atoms with Crippen LogP contribution in [0.25, 0.3) is 28.2 Å². The maximum absolute atomic E-state index is 12.8. The molecule has 5 nitrogen and oxygen atoms in total. The summed E-state index contributed by atoms with van der Waals surface area (Å²) < 4.78 is 5.99. The molecule has 0 atom stereocenters. The van der Waals surface area contributed by atoms with E-state index in [1.807, 2.05) is 60.7 Å². The lowest BCUT2D eigenvalue weighted by Gasteiger charge is -2.09. The Morgan fingerprint density at radius 1 is 0.971 bits per heavy atom. The number of carbonyl (C=O) groups excluding carboxylic acids is 1. The van der Waals surface area contributed by atoms with E-state index in [-0.39, 0.29) is 23.4 Å². The molecule has 0 spiro atoms. The van der Waals surface area contributed by atoms with Crippen molar-refractivity contribution < 1.29 is 14.3 Å². The summed E-state index contributed by atoms with van der Waals surface area (Å²) in [6, 6.07) is 23.9. The molecule has 1 aliphatic rings. The fourth-order valence-electron chi connectivity index (χ4n) is 3.74. The molecule has 0 bridgehead atoms. The molecule has 166 valence electrons. The Hall–Kier alpha value is -4.29. The standard InChI is InChI=1S/C28H20N2O3S/c31-23-17-20(18-9-3-1-4-10-18)15-16-21(23)27-29-25(22-13-7-8-14-24(22)34)28(33-27)30-26(32)19-11-5-2-6-12-19/h1-13,15-17,31H,14H2,(H,30,32). The number of phenolic OH excluding ortho intramolecular Hbond substituents is 1. The Balaban J connectivity index is 1.55. The second kappa shape index (κ2) is 9.29. The fourth-order valence-corrected chi connectivity index (χ4v) is 4.00. The Morgan fingerprint density at radius 2 is 1.71 bits per heavy atom. The molecule has 1 heterocycles. The lowest BCUT2D eigenvalue weighted by atomic mass is 10.0. The van der Waals surface area contributed by atoms with Crippen LogP contribution in [-0.4, -0.2) is 20.9 Å². The molecule has 0 aliphatic heterocycles. The lowest BCUT2D eigenvalue weighted by molar-refractivity contribution is 0.102. The van der Waals surface area contributed by atoms with E-state index in [4.69, 9.17) is 16.6 Å². The first-order valence-corrected chi connectivity index (χ1v) is 11.2. The Kier molecular flexibility index (Phi) is 5.89. The molecule has 34 heavy (non-hydrogen) atoms. The summed E-state index contributed by atoms with van der Waals surface area (Å²) in [6.07, 6.45) is 6.31. The largest absolute Gasteiger partial charge is 0.507 e. The number of aromatic nitrogens is 1. The van der Waals surface area contributed by atoms with E-state index in [0.29, 0.717) is 33.7 Å². The summed E-state index contributed by atoms with van der Waals surface area (Å²) in [4.78, 5) is 18.2. The van der Waals surface area contributed by atoms with E-state index in [2.05, 4.69) is 10.3 Å². The van der Waals surface area contributed by atoms with Crippen molar-refractivity contribution in [3.8, 4) is 28.3 Å². The number of benzene rings is 3. The third kappa shape index (κ3) is 4.31. The first-order valence-electron chi connectivity index (χ1n) is 10.8. The number of oxazole rings is 1. The third-order valence-electron chi connectivity index (χ3n) is 5.48. The fraction of sp³-hybridized carbons (Fsp3) is 0.0357. The Bertz CT molecular complexity index is 1440. The monoisotopic (exact) mass is 464 g/mol. The minimum absolute atomic E-state index is 0.0233. The van der Waals surface area contributed by atoms with Crippen LogP contribution in [0.2, 0.25) is 0 Å². The molecule has 0 saturated carbocycles. The number of nitrogens with zero attached hydrogens (tertiary/aromatic N) is 1. The quantitative estimate of drug-likeness (QED) is 0.322. The zero-order valence-corrected chi connectivity index (χ0v) is 18.9. The molecule has 1 amide bonds. The molecule has 2 N–H and O–H groups in total. The van der Waals surface area contributed by atoms with E-state index < -0.39 is 0 Å². The number of nitrogens with one attached hydrogen (secondary N) is 1. The van der Waals surface area contributed by atoms with E-state index in [0.717, 1.165) is 11.1 Å². The molecule has 6 heteroatoms. The van der Waals surface area contributed by atoms with Crippen LogP contribution in [0.3, 0.4) is 0 Å². The van der Waals surface area contributed by atoms with Crippen molar-refractivity contribution in [2.24, 2.45) is 0 Å². The number of hydrogen-bond donors (Lipinski definition) is 2. The van der Waals surface area contributed by atoms with Gasteiger partial charge in [0.15, 0.2) is 0 Å². The van der Waals surface area contributed by atoms with Crippen molar-refractivity contribution in [2.45, 2.75) is 6.42 Å². The number of aromatic hydroxyl groups is 1. The van der Waals surface area contributed by atoms with Crippen LogP contribution in [0.5, 0.6) is 5.75 Å². The van der Waals surface area contributed by atoms with Gasteiger partial charge in [-0.15, -0.1) is 0 Å². The Labute approximate surface area is 202 Å². The van der Waals surface area contributed by atoms with Gasteiger partial charge >= 0.3 is 0 Å². The molecule has 4 aromatic rings. The van der Waals surface area contributed by atoms with Crippen LogP contribution in [0.1, 0.15) is 22.5 Å². The minimum Gasteiger partial charge on any atom is -0.507 e. The van der Waals surface area contributed by atoms with Gasteiger partial charge in [-0.1, -0.05) is 85.0 Å². The van der Waals surface area contributed by atoms with Gasteiger partial charge in [0, 0.05) is 22.4 Å². The average Bonchev–Trinajstić information content (AvgIpc) is 3.28. The van der Waals surface area contributed by atoms with Gasteiger partial charge in [-0.25, -0.2) is 4.98 Å². The summed E-state index contributed by atoms with van der Waals surface area (Å²) in [7, 11) is 0. The summed E-state index contributed by atoms with van der Waals surface area (Å²) in [5, 5.41) is 13.6. The molecule has 1 aliphatic carbocycles. The van der Waals surface area contributed by atoms with E-state index >= 15 is 0 Å². The van der Waals surface area contributed by atoms with Crippen LogP contribution < -0.4 is 5.32 Å². The van der Waals surface area contributed by atoms with Gasteiger partial charge < -0.3 is 9.52 Å². The smallest absolute Gasteiger partial charge is 0.258 e. The van der Waals surface area contributed by atoms with Crippen LogP contribution in [0, 0.1) is 0 Å². The summed E-state index contributed by atoms with van der Waals surface area (Å²) in [5.74, 6) is 0.0641. The van der Waals surface area contributed by atoms with E-state index in [1.165, 1.54) is 0 Å². The zero-order valence-electron chi connectivity index (χ0n) is 18.1. The molecular weight excluding hydrogens is 444 g/mol. The summed E-state index contributed by atoms with van der Waals surface area (Å²) in [5.41, 5.74) is 3.89. The van der Waals surface area contributed by atoms with Gasteiger partial charge in [0.2, 0.25) is 11.8 Å². The van der Waals surface area contributed by atoms with Gasteiger partial charge in [0.1, 0.15) is 11.4 Å². The average molecular weight is 465 g/mol. The molecule has 3 aromatic carbocycles. The van der Waals surface area contributed by atoms with E-state index in [1.54, 1.807) is 36.4 Å². The van der Waals surface area contributed by atoms with E-state index in [9.17, 15) is 9.90 Å². The zero-order chi connectivity index (χ0) is 23.5. The number of carbonyl (C=O) groups is 1. The number of thiocarbonyl (C=S) groups is 1.